The molecule has 1 aliphatic heterocycles. The first-order valence-electron chi connectivity index (χ1n) is 3.90. The lowest BCUT2D eigenvalue weighted by molar-refractivity contribution is 0.0929. The van der Waals surface area contributed by atoms with Crippen molar-refractivity contribution in [1.82, 2.24) is 0 Å². The molecular formula is C9H8O4. The van der Waals surface area contributed by atoms with Crippen LogP contribution in [0.1, 0.15) is 16.8 Å². The van der Waals surface area contributed by atoms with Crippen LogP contribution in [0.5, 0.6) is 17.2 Å². The summed E-state index contributed by atoms with van der Waals surface area (Å²) in [6.07, 6.45) is 0.288. The molecule has 1 aliphatic rings. The Morgan fingerprint density at radius 3 is 2.85 bits per heavy atom. The second-order valence-electron chi connectivity index (χ2n) is 2.86. The Morgan fingerprint density at radius 1 is 1.31 bits per heavy atom. The summed E-state index contributed by atoms with van der Waals surface area (Å²) in [5.74, 6) is -0.264. The van der Waals surface area contributed by atoms with Crippen LogP contribution in [0, 0.1) is 0 Å². The molecule has 0 aliphatic carbocycles. The molecule has 4 nitrogen and oxygen atoms in total. The Bertz CT molecular complexity index is 370. The van der Waals surface area contributed by atoms with E-state index in [9.17, 15) is 9.90 Å². The monoisotopic (exact) mass is 180 g/mol. The van der Waals surface area contributed by atoms with Crippen LogP contribution in [-0.4, -0.2) is 22.6 Å². The van der Waals surface area contributed by atoms with Crippen molar-refractivity contribution in [2.45, 2.75) is 6.42 Å². The minimum absolute atomic E-state index is 0.118. The van der Waals surface area contributed by atoms with Crippen molar-refractivity contribution in [2.75, 3.05) is 6.61 Å². The van der Waals surface area contributed by atoms with Crippen molar-refractivity contribution in [3.05, 3.63) is 17.7 Å². The fraction of sp³-hybridized carbons (Fsp3) is 0.222. The zero-order valence-corrected chi connectivity index (χ0v) is 6.78. The van der Waals surface area contributed by atoms with E-state index in [0.29, 0.717) is 0 Å². The summed E-state index contributed by atoms with van der Waals surface area (Å²) >= 11 is 0. The molecule has 0 fully saturated rings. The molecule has 0 saturated carbocycles. The number of benzene rings is 1. The second-order valence-corrected chi connectivity index (χ2v) is 2.86. The molecule has 0 amide bonds. The third-order valence-electron chi connectivity index (χ3n) is 1.93. The van der Waals surface area contributed by atoms with Gasteiger partial charge in [-0.15, -0.1) is 0 Å². The van der Waals surface area contributed by atoms with Gasteiger partial charge in [0, 0.05) is 12.5 Å². The number of ether oxygens (including phenoxy) is 1. The molecule has 0 unspecified atom stereocenters. The molecule has 0 bridgehead atoms. The van der Waals surface area contributed by atoms with E-state index in [2.05, 4.69) is 0 Å². The van der Waals surface area contributed by atoms with Gasteiger partial charge < -0.3 is 14.9 Å². The van der Waals surface area contributed by atoms with Crippen LogP contribution < -0.4 is 4.74 Å². The van der Waals surface area contributed by atoms with Crippen molar-refractivity contribution < 1.29 is 19.7 Å². The molecule has 13 heavy (non-hydrogen) atoms. The Hall–Kier alpha value is -1.71. The lowest BCUT2D eigenvalue weighted by Gasteiger charge is -2.17. The standard InChI is InChI=1S/C9H8O4/c10-5-3-6-7(11)1-2-13-9(6)8(12)4-5/h3-4,10,12H,1-2H2. The van der Waals surface area contributed by atoms with E-state index in [1.54, 1.807) is 0 Å². The molecule has 0 aromatic heterocycles. The molecule has 1 heterocycles. The fourth-order valence-electron chi connectivity index (χ4n) is 1.34. The normalized spacial score (nSPS) is 14.9. The lowest BCUT2D eigenvalue weighted by Crippen LogP contribution is -2.15. The highest BCUT2D eigenvalue weighted by Gasteiger charge is 2.22. The molecule has 4 heteroatoms. The number of aromatic hydroxyl groups is 2. The van der Waals surface area contributed by atoms with E-state index >= 15 is 0 Å². The summed E-state index contributed by atoms with van der Waals surface area (Å²) in [4.78, 5) is 11.3. The molecule has 0 saturated heterocycles. The fourth-order valence-corrected chi connectivity index (χ4v) is 1.34. The maximum absolute atomic E-state index is 11.3. The van der Waals surface area contributed by atoms with Gasteiger partial charge >= 0.3 is 0 Å². The molecule has 2 N–H and O–H groups in total. The average Bonchev–Trinajstić information content (AvgIpc) is 2.07. The van der Waals surface area contributed by atoms with Gasteiger partial charge in [-0.2, -0.15) is 0 Å². The molecular weight excluding hydrogens is 172 g/mol. The smallest absolute Gasteiger partial charge is 0.171 e. The highest BCUT2D eigenvalue weighted by Crippen LogP contribution is 2.37. The van der Waals surface area contributed by atoms with Crippen molar-refractivity contribution in [2.24, 2.45) is 0 Å². The molecule has 68 valence electrons. The number of phenols is 2. The van der Waals surface area contributed by atoms with Gasteiger partial charge in [0.2, 0.25) is 0 Å². The second kappa shape index (κ2) is 2.65. The van der Waals surface area contributed by atoms with E-state index in [1.165, 1.54) is 6.07 Å². The first-order chi connectivity index (χ1) is 6.18. The van der Waals surface area contributed by atoms with Gasteiger partial charge in [-0.1, -0.05) is 0 Å². The molecule has 0 atom stereocenters. The maximum atomic E-state index is 11.3. The highest BCUT2D eigenvalue weighted by molar-refractivity contribution is 6.00. The zero-order chi connectivity index (χ0) is 9.42. The number of ketones is 1. The topological polar surface area (TPSA) is 66.8 Å². The summed E-state index contributed by atoms with van der Waals surface area (Å²) in [5, 5.41) is 18.4. The summed E-state index contributed by atoms with van der Waals surface area (Å²) in [7, 11) is 0. The number of hydrogen-bond donors (Lipinski definition) is 2. The van der Waals surface area contributed by atoms with E-state index in [4.69, 9.17) is 9.84 Å². The van der Waals surface area contributed by atoms with Crippen LogP contribution >= 0.6 is 0 Å². The van der Waals surface area contributed by atoms with Crippen LogP contribution in [0.3, 0.4) is 0 Å². The van der Waals surface area contributed by atoms with Gasteiger partial charge in [0.25, 0.3) is 0 Å². The van der Waals surface area contributed by atoms with E-state index < -0.39 is 0 Å². The number of fused-ring (bicyclic) bond motifs is 1. The van der Waals surface area contributed by atoms with Crippen LogP contribution in [-0.2, 0) is 0 Å². The lowest BCUT2D eigenvalue weighted by atomic mass is 10.0. The number of Topliss-reactive ketones (excluding diaryl/α,β-unsaturated/α-hetero) is 1. The van der Waals surface area contributed by atoms with E-state index in [1.807, 2.05) is 0 Å². The van der Waals surface area contributed by atoms with Gasteiger partial charge in [-0.05, 0) is 6.07 Å². The first-order valence-corrected chi connectivity index (χ1v) is 3.90. The number of phenolic OH excluding ortho intramolecular Hbond substituents is 2. The molecule has 1 aromatic rings. The number of carbonyl (C=O) groups is 1. The number of carbonyl (C=O) groups excluding carboxylic acids is 1. The molecule has 1 aromatic carbocycles. The minimum Gasteiger partial charge on any atom is -0.508 e. The average molecular weight is 180 g/mol. The molecule has 0 radical (unpaired) electrons. The van der Waals surface area contributed by atoms with Gasteiger partial charge in [0.15, 0.2) is 17.3 Å². The summed E-state index contributed by atoms with van der Waals surface area (Å²) in [6.45, 7) is 0.282. The van der Waals surface area contributed by atoms with Crippen LogP contribution in [0.4, 0.5) is 0 Å². The minimum atomic E-state index is -0.192. The molecule has 0 spiro atoms. The predicted molar refractivity (Wildman–Crippen MR) is 44.2 cm³/mol. The van der Waals surface area contributed by atoms with Gasteiger partial charge in [-0.3, -0.25) is 4.79 Å². The van der Waals surface area contributed by atoms with Crippen molar-refractivity contribution in [3.63, 3.8) is 0 Å². The summed E-state index contributed by atoms with van der Waals surface area (Å²) in [5.41, 5.74) is 0.253. The third-order valence-corrected chi connectivity index (χ3v) is 1.93. The Morgan fingerprint density at radius 2 is 2.08 bits per heavy atom. The maximum Gasteiger partial charge on any atom is 0.171 e. The van der Waals surface area contributed by atoms with Crippen molar-refractivity contribution >= 4 is 5.78 Å². The molecule has 2 rings (SSSR count). The van der Waals surface area contributed by atoms with Gasteiger partial charge in [0.05, 0.1) is 12.2 Å². The Labute approximate surface area is 74.4 Å². The van der Waals surface area contributed by atoms with Crippen molar-refractivity contribution in [1.29, 1.82) is 0 Å². The van der Waals surface area contributed by atoms with Crippen LogP contribution in [0.25, 0.3) is 0 Å². The SMILES string of the molecule is O=C1CCOc2c(O)cc(O)cc21. The zero-order valence-electron chi connectivity index (χ0n) is 6.78. The summed E-state index contributed by atoms with van der Waals surface area (Å²) < 4.78 is 5.10. The van der Waals surface area contributed by atoms with E-state index in [0.717, 1.165) is 6.07 Å². The number of hydrogen-bond acceptors (Lipinski definition) is 4. The van der Waals surface area contributed by atoms with Gasteiger partial charge in [-0.25, -0.2) is 0 Å². The number of rotatable bonds is 0. The van der Waals surface area contributed by atoms with E-state index in [-0.39, 0.29) is 41.6 Å². The Kier molecular flexibility index (Phi) is 1.62. The Balaban J connectivity index is 2.63. The van der Waals surface area contributed by atoms with Crippen LogP contribution in [0.2, 0.25) is 0 Å². The third kappa shape index (κ3) is 1.20. The van der Waals surface area contributed by atoms with Crippen LogP contribution in [0.15, 0.2) is 12.1 Å². The largest absolute Gasteiger partial charge is 0.508 e. The van der Waals surface area contributed by atoms with Gasteiger partial charge in [0.1, 0.15) is 5.75 Å². The summed E-state index contributed by atoms with van der Waals surface area (Å²) in [6, 6.07) is 2.45. The van der Waals surface area contributed by atoms with Crippen molar-refractivity contribution in [3.8, 4) is 17.2 Å². The predicted octanol–water partition coefficient (Wildman–Crippen LogP) is 1.06. The first kappa shape index (κ1) is 7.91. The highest BCUT2D eigenvalue weighted by atomic mass is 16.5. The quantitative estimate of drug-likeness (QED) is 0.626.